The Morgan fingerprint density at radius 3 is 1.39 bits per heavy atom. The van der Waals surface area contributed by atoms with E-state index < -0.39 is 0 Å². The Hall–Kier alpha value is -9.52. The number of aromatic nitrogens is 4. The monoisotopic (exact) mass is 894 g/mol. The molecule has 0 fully saturated rings. The fourth-order valence-electron chi connectivity index (χ4n) is 11.1. The topological polar surface area (TPSA) is 61.9 Å². The van der Waals surface area contributed by atoms with E-state index in [-0.39, 0.29) is 0 Å². The quantitative estimate of drug-likeness (QED) is 0.167. The van der Waals surface area contributed by atoms with E-state index in [1.807, 2.05) is 36.4 Å². The molecule has 6 heteroatoms. The highest BCUT2D eigenvalue weighted by Crippen LogP contribution is 2.46. The van der Waals surface area contributed by atoms with Crippen molar-refractivity contribution in [3.05, 3.63) is 231 Å². The van der Waals surface area contributed by atoms with E-state index >= 15 is 0 Å². The van der Waals surface area contributed by atoms with E-state index in [0.29, 0.717) is 5.82 Å². The second kappa shape index (κ2) is 15.0. The number of hydrogen-bond donors (Lipinski definition) is 0. The van der Waals surface area contributed by atoms with Gasteiger partial charge in [0.2, 0.25) is 0 Å². The minimum Gasteiger partial charge on any atom is -0.455 e. The highest BCUT2D eigenvalue weighted by Gasteiger charge is 2.25. The van der Waals surface area contributed by atoms with E-state index in [2.05, 4.69) is 203 Å². The first-order chi connectivity index (χ1) is 34.7. The second-order valence-corrected chi connectivity index (χ2v) is 18.0. The van der Waals surface area contributed by atoms with E-state index in [4.69, 9.17) is 18.8 Å². The van der Waals surface area contributed by atoms with Crippen molar-refractivity contribution in [3.8, 4) is 56.4 Å². The molecule has 10 aromatic carbocycles. The first-order valence-electron chi connectivity index (χ1n) is 23.6. The van der Waals surface area contributed by atoms with Crippen LogP contribution >= 0.6 is 0 Å². The van der Waals surface area contributed by atoms with Gasteiger partial charge in [-0.3, -0.25) is 0 Å². The van der Waals surface area contributed by atoms with Crippen LogP contribution in [0.25, 0.3) is 144 Å². The molecule has 5 aromatic heterocycles. The van der Waals surface area contributed by atoms with Crippen LogP contribution in [0.4, 0.5) is 0 Å². The molecule has 0 radical (unpaired) electrons. The Balaban J connectivity index is 1.04. The summed E-state index contributed by atoms with van der Waals surface area (Å²) < 4.78 is 18.4. The molecule has 0 aliphatic carbocycles. The summed E-state index contributed by atoms with van der Waals surface area (Å²) in [4.78, 5) is 10.5. The lowest BCUT2D eigenvalue weighted by Gasteiger charge is -2.20. The lowest BCUT2D eigenvalue weighted by Crippen LogP contribution is -2.02. The van der Waals surface area contributed by atoms with E-state index in [1.165, 1.54) is 0 Å². The molecule has 5 heterocycles. The Labute approximate surface area is 400 Å². The van der Waals surface area contributed by atoms with Gasteiger partial charge in [-0.1, -0.05) is 164 Å². The maximum Gasteiger partial charge on any atom is 0.160 e. The van der Waals surface area contributed by atoms with Gasteiger partial charge in [0.05, 0.1) is 55.6 Å². The first-order valence-corrected chi connectivity index (χ1v) is 23.6. The second-order valence-electron chi connectivity index (χ2n) is 18.0. The molecule has 70 heavy (non-hydrogen) atoms. The van der Waals surface area contributed by atoms with Crippen LogP contribution in [0.2, 0.25) is 0 Å². The molecule has 0 aliphatic rings. The SMILES string of the molecule is c1ccc(-c2cc(-c3ccc(-c4ccccc4-n4c5ccccc5c5c6oc7ccccc7c6ccc54)c(-n4c5ccccc5c5c6oc7ccccc7c6ccc54)c3)nc(-c3ccccc3)n2)cc1. The molecular formula is C64H38N4O2. The predicted molar refractivity (Wildman–Crippen MR) is 287 cm³/mol. The summed E-state index contributed by atoms with van der Waals surface area (Å²) in [5, 5.41) is 8.84. The van der Waals surface area contributed by atoms with Gasteiger partial charge in [-0.25, -0.2) is 9.97 Å². The number of para-hydroxylation sites is 5. The molecule has 0 atom stereocenters. The fraction of sp³-hybridized carbons (Fsp3) is 0. The molecular weight excluding hydrogens is 857 g/mol. The normalized spacial score (nSPS) is 12.0. The van der Waals surface area contributed by atoms with Gasteiger partial charge in [0, 0.05) is 60.1 Å². The lowest BCUT2D eigenvalue weighted by atomic mass is 9.97. The molecule has 0 aliphatic heterocycles. The molecule has 0 saturated heterocycles. The highest BCUT2D eigenvalue weighted by atomic mass is 16.3. The third-order valence-corrected chi connectivity index (χ3v) is 14.2. The number of benzene rings is 10. The Kier molecular flexibility index (Phi) is 8.26. The minimum atomic E-state index is 0.669. The van der Waals surface area contributed by atoms with Crippen molar-refractivity contribution in [2.24, 2.45) is 0 Å². The Morgan fingerprint density at radius 2 is 0.771 bits per heavy atom. The average Bonchev–Trinajstić information content (AvgIpc) is 4.19. The van der Waals surface area contributed by atoms with E-state index in [9.17, 15) is 0 Å². The van der Waals surface area contributed by atoms with Crippen LogP contribution in [0.3, 0.4) is 0 Å². The smallest absolute Gasteiger partial charge is 0.160 e. The van der Waals surface area contributed by atoms with Gasteiger partial charge in [-0.05, 0) is 66.7 Å². The zero-order valence-corrected chi connectivity index (χ0v) is 37.5. The summed E-state index contributed by atoms with van der Waals surface area (Å²) in [6.45, 7) is 0. The maximum atomic E-state index is 6.80. The van der Waals surface area contributed by atoms with Crippen LogP contribution in [0, 0.1) is 0 Å². The van der Waals surface area contributed by atoms with Crippen molar-refractivity contribution in [1.29, 1.82) is 0 Å². The van der Waals surface area contributed by atoms with Gasteiger partial charge in [0.1, 0.15) is 22.3 Å². The maximum absolute atomic E-state index is 6.80. The van der Waals surface area contributed by atoms with E-state index in [0.717, 1.165) is 138 Å². The standard InChI is InChI=1S/C64H38N4O2/c1-3-17-39(18-4-1)50-38-51(66-64(65-50)40-19-5-2-6-20-40)41-31-32-43(57(37-41)68-54-28-14-9-25-49(54)61-56(68)36-34-47-45-23-11-16-30-59(45)70-63(47)61)42-21-7-12-26-52(42)67-53-27-13-8-24-48(53)60-55(67)35-33-46-44-22-10-15-29-58(44)69-62(46)60/h1-38H. The van der Waals surface area contributed by atoms with Gasteiger partial charge >= 0.3 is 0 Å². The molecule has 6 nitrogen and oxygen atoms in total. The molecule has 0 saturated carbocycles. The van der Waals surface area contributed by atoms with Crippen molar-refractivity contribution >= 4 is 87.5 Å². The molecule has 0 amide bonds. The summed E-state index contributed by atoms with van der Waals surface area (Å²) in [5.41, 5.74) is 16.6. The zero-order chi connectivity index (χ0) is 45.9. The van der Waals surface area contributed by atoms with Gasteiger partial charge in [-0.2, -0.15) is 0 Å². The molecule has 0 unspecified atom stereocenters. The largest absolute Gasteiger partial charge is 0.455 e. The Bertz CT molecular complexity index is 4540. The Morgan fingerprint density at radius 1 is 0.300 bits per heavy atom. The highest BCUT2D eigenvalue weighted by molar-refractivity contribution is 6.25. The third-order valence-electron chi connectivity index (χ3n) is 14.2. The van der Waals surface area contributed by atoms with Crippen LogP contribution in [0.1, 0.15) is 0 Å². The van der Waals surface area contributed by atoms with E-state index in [1.54, 1.807) is 0 Å². The minimum absolute atomic E-state index is 0.669. The van der Waals surface area contributed by atoms with Crippen molar-refractivity contribution in [1.82, 2.24) is 19.1 Å². The fourth-order valence-corrected chi connectivity index (χ4v) is 11.1. The van der Waals surface area contributed by atoms with Crippen molar-refractivity contribution in [3.63, 3.8) is 0 Å². The van der Waals surface area contributed by atoms with Crippen LogP contribution in [0.15, 0.2) is 239 Å². The molecule has 0 spiro atoms. The van der Waals surface area contributed by atoms with Crippen LogP contribution in [-0.4, -0.2) is 19.1 Å². The molecule has 0 bridgehead atoms. The van der Waals surface area contributed by atoms with Crippen LogP contribution in [0.5, 0.6) is 0 Å². The zero-order valence-electron chi connectivity index (χ0n) is 37.5. The summed E-state index contributed by atoms with van der Waals surface area (Å²) >= 11 is 0. The molecule has 15 aromatic rings. The number of rotatable bonds is 6. The predicted octanol–water partition coefficient (Wildman–Crippen LogP) is 17.1. The molecule has 326 valence electrons. The number of fused-ring (bicyclic) bond motifs is 14. The van der Waals surface area contributed by atoms with Crippen LogP contribution in [-0.2, 0) is 0 Å². The van der Waals surface area contributed by atoms with Crippen molar-refractivity contribution in [2.75, 3.05) is 0 Å². The summed E-state index contributed by atoms with van der Waals surface area (Å²) in [5.74, 6) is 0.669. The summed E-state index contributed by atoms with van der Waals surface area (Å²) in [7, 11) is 0. The van der Waals surface area contributed by atoms with Gasteiger partial charge in [0.25, 0.3) is 0 Å². The van der Waals surface area contributed by atoms with Crippen molar-refractivity contribution < 1.29 is 8.83 Å². The van der Waals surface area contributed by atoms with Gasteiger partial charge in [0.15, 0.2) is 5.82 Å². The summed E-state index contributed by atoms with van der Waals surface area (Å²) in [6, 6.07) is 81.3. The third kappa shape index (κ3) is 5.68. The number of hydrogen-bond acceptors (Lipinski definition) is 4. The molecule has 15 rings (SSSR count). The number of furan rings is 2. The average molecular weight is 895 g/mol. The number of nitrogens with zero attached hydrogens (tertiary/aromatic N) is 4. The van der Waals surface area contributed by atoms with Crippen molar-refractivity contribution in [2.45, 2.75) is 0 Å². The van der Waals surface area contributed by atoms with Gasteiger partial charge in [-0.15, -0.1) is 0 Å². The van der Waals surface area contributed by atoms with Crippen LogP contribution < -0.4 is 0 Å². The molecule has 0 N–H and O–H groups in total. The van der Waals surface area contributed by atoms with Gasteiger partial charge < -0.3 is 18.0 Å². The lowest BCUT2D eigenvalue weighted by molar-refractivity contribution is 0.672. The summed E-state index contributed by atoms with van der Waals surface area (Å²) in [6.07, 6.45) is 0. The first kappa shape index (κ1) is 38.6.